The molecule has 3 heterocycles. The average Bonchev–Trinajstić information content (AvgIpc) is 3.71. The number of pyridine rings is 1. The van der Waals surface area contributed by atoms with Gasteiger partial charge in [0.15, 0.2) is 11.6 Å². The number of benzene rings is 1. The van der Waals surface area contributed by atoms with Gasteiger partial charge in [0.1, 0.15) is 23.7 Å². The molecule has 0 atom stereocenters. The second-order valence-electron chi connectivity index (χ2n) is 9.46. The number of aromatic nitrogens is 3. The van der Waals surface area contributed by atoms with Crippen molar-refractivity contribution in [1.82, 2.24) is 25.2 Å². The molecule has 49 heavy (non-hydrogen) atoms. The zero-order valence-electron chi connectivity index (χ0n) is 28.3. The summed E-state index contributed by atoms with van der Waals surface area (Å²) < 4.78 is 40.5. The van der Waals surface area contributed by atoms with Gasteiger partial charge in [-0.25, -0.2) is 13.8 Å². The molecule has 4 rings (SSSR count). The molecule has 1 aromatic carbocycles. The van der Waals surface area contributed by atoms with Crippen LogP contribution in [0, 0.1) is 5.82 Å². The number of nitrogens with zero attached hydrogens (tertiary/aromatic N) is 3. The predicted octanol–water partition coefficient (Wildman–Crippen LogP) is 7.65. The molecule has 0 aliphatic rings. The molecule has 13 heteroatoms. The number of hydrogen-bond donors (Lipinski definition) is 3. The number of aldehydes is 1. The van der Waals surface area contributed by atoms with Crippen LogP contribution in [-0.4, -0.2) is 54.5 Å². The fourth-order valence-corrected chi connectivity index (χ4v) is 4.69. The zero-order valence-corrected chi connectivity index (χ0v) is 29.1. The Hall–Kier alpha value is -5.24. The average molecular weight is 695 g/mol. The summed E-state index contributed by atoms with van der Waals surface area (Å²) in [6.07, 6.45) is 11.4. The van der Waals surface area contributed by atoms with Crippen LogP contribution in [0.1, 0.15) is 19.0 Å². The van der Waals surface area contributed by atoms with Gasteiger partial charge in [0, 0.05) is 64.7 Å². The minimum atomic E-state index is -0.688. The molecular formula is C36H44F2N6O4S. The van der Waals surface area contributed by atoms with E-state index in [4.69, 9.17) is 9.47 Å². The number of rotatable bonds is 15. The lowest BCUT2D eigenvalue weighted by Gasteiger charge is -2.09. The number of hydrogen-bond acceptors (Lipinski definition) is 9. The van der Waals surface area contributed by atoms with E-state index >= 15 is 0 Å². The van der Waals surface area contributed by atoms with Gasteiger partial charge in [-0.1, -0.05) is 51.5 Å². The largest absolute Gasteiger partial charge is 0.453 e. The van der Waals surface area contributed by atoms with Gasteiger partial charge in [-0.2, -0.15) is 0 Å². The maximum absolute atomic E-state index is 14.4. The fraction of sp³-hybridized carbons (Fsp3) is 0.222. The topological polar surface area (TPSA) is 119 Å². The van der Waals surface area contributed by atoms with Crippen molar-refractivity contribution < 1.29 is 27.8 Å². The smallest absolute Gasteiger partial charge is 0.211 e. The SMILES string of the molecule is C=C/C=C(/NC=O)C(=C)F.C=CC=C.CCC=O.CNc1ccc(Oc2ccnc3cc(-c4ncc(CNCCOC)n4C)sc23)c(F)c1. The Balaban J connectivity index is 0.000000552. The van der Waals surface area contributed by atoms with Crippen LogP contribution >= 0.6 is 11.3 Å². The lowest BCUT2D eigenvalue weighted by atomic mass is 10.3. The second kappa shape index (κ2) is 24.0. The Bertz CT molecular complexity index is 1690. The van der Waals surface area contributed by atoms with Crippen LogP contribution in [0.4, 0.5) is 14.5 Å². The summed E-state index contributed by atoms with van der Waals surface area (Å²) in [5.74, 6) is 0.466. The molecular weight excluding hydrogens is 650 g/mol. The highest BCUT2D eigenvalue weighted by Crippen LogP contribution is 2.39. The minimum absolute atomic E-state index is 0.0324. The molecule has 0 aliphatic heterocycles. The number of amides is 1. The molecule has 262 valence electrons. The number of halogens is 2. The third-order valence-electron chi connectivity index (χ3n) is 6.03. The first-order valence-corrected chi connectivity index (χ1v) is 15.8. The van der Waals surface area contributed by atoms with E-state index in [1.807, 2.05) is 26.2 Å². The summed E-state index contributed by atoms with van der Waals surface area (Å²) in [7, 11) is 5.42. The number of methoxy groups -OCH3 is 1. The molecule has 0 aliphatic carbocycles. The molecule has 3 aromatic heterocycles. The van der Waals surface area contributed by atoms with E-state index in [0.29, 0.717) is 37.4 Å². The van der Waals surface area contributed by atoms with Crippen molar-refractivity contribution in [2.75, 3.05) is 32.6 Å². The maximum Gasteiger partial charge on any atom is 0.211 e. The Kier molecular flexibility index (Phi) is 20.5. The highest BCUT2D eigenvalue weighted by molar-refractivity contribution is 7.22. The van der Waals surface area contributed by atoms with Gasteiger partial charge >= 0.3 is 0 Å². The monoisotopic (exact) mass is 694 g/mol. The molecule has 3 N–H and O–H groups in total. The Labute approximate surface area is 290 Å². The molecule has 0 saturated carbocycles. The molecule has 0 fully saturated rings. The number of carbonyl (C=O) groups is 2. The van der Waals surface area contributed by atoms with Gasteiger partial charge in [-0.15, -0.1) is 11.3 Å². The van der Waals surface area contributed by atoms with Crippen LogP contribution in [0.15, 0.2) is 105 Å². The third-order valence-corrected chi connectivity index (χ3v) is 7.17. The van der Waals surface area contributed by atoms with Crippen LogP contribution < -0.4 is 20.7 Å². The lowest BCUT2D eigenvalue weighted by molar-refractivity contribution is -0.109. The van der Waals surface area contributed by atoms with Crippen LogP contribution in [-0.2, 0) is 27.9 Å². The first-order chi connectivity index (χ1) is 23.6. The Morgan fingerprint density at radius 1 is 1.08 bits per heavy atom. The number of carbonyl (C=O) groups excluding carboxylic acids is 2. The van der Waals surface area contributed by atoms with E-state index in [-0.39, 0.29) is 11.4 Å². The van der Waals surface area contributed by atoms with E-state index in [9.17, 15) is 18.4 Å². The predicted molar refractivity (Wildman–Crippen MR) is 196 cm³/mol. The molecule has 0 unspecified atom stereocenters. The number of thiophene rings is 1. The van der Waals surface area contributed by atoms with Crippen LogP contribution in [0.5, 0.6) is 11.5 Å². The number of anilines is 1. The van der Waals surface area contributed by atoms with Crippen molar-refractivity contribution in [3.05, 3.63) is 116 Å². The molecule has 0 bridgehead atoms. The summed E-state index contributed by atoms with van der Waals surface area (Å²) in [4.78, 5) is 29.0. The lowest BCUT2D eigenvalue weighted by Crippen LogP contribution is -2.20. The van der Waals surface area contributed by atoms with Gasteiger partial charge in [-0.3, -0.25) is 9.78 Å². The summed E-state index contributed by atoms with van der Waals surface area (Å²) in [6, 6.07) is 8.52. The fourth-order valence-electron chi connectivity index (χ4n) is 3.59. The third kappa shape index (κ3) is 14.2. The molecule has 10 nitrogen and oxygen atoms in total. The molecule has 4 aromatic rings. The number of fused-ring (bicyclic) bond motifs is 1. The van der Waals surface area contributed by atoms with Crippen molar-refractivity contribution in [2.45, 2.75) is 19.9 Å². The Morgan fingerprint density at radius 2 is 1.80 bits per heavy atom. The Morgan fingerprint density at radius 3 is 2.35 bits per heavy atom. The van der Waals surface area contributed by atoms with Crippen molar-refractivity contribution in [1.29, 1.82) is 0 Å². The van der Waals surface area contributed by atoms with E-state index in [1.54, 1.807) is 50.7 Å². The van der Waals surface area contributed by atoms with Gasteiger partial charge in [-0.05, 0) is 24.3 Å². The van der Waals surface area contributed by atoms with Gasteiger partial charge < -0.3 is 34.8 Å². The maximum atomic E-state index is 14.4. The molecule has 1 amide bonds. The highest BCUT2D eigenvalue weighted by atomic mass is 32.1. The molecule has 0 saturated heterocycles. The molecule has 0 radical (unpaired) electrons. The summed E-state index contributed by atoms with van der Waals surface area (Å²) in [5.41, 5.74) is 2.57. The van der Waals surface area contributed by atoms with E-state index < -0.39 is 11.6 Å². The zero-order chi connectivity index (χ0) is 36.6. The number of ether oxygens (including phenoxy) is 2. The van der Waals surface area contributed by atoms with E-state index in [0.717, 1.165) is 39.4 Å². The number of allylic oxidation sites excluding steroid dienone is 5. The van der Waals surface area contributed by atoms with Crippen molar-refractivity contribution >= 4 is 39.9 Å². The highest BCUT2D eigenvalue weighted by Gasteiger charge is 2.16. The van der Waals surface area contributed by atoms with Crippen molar-refractivity contribution in [2.24, 2.45) is 7.05 Å². The van der Waals surface area contributed by atoms with E-state index in [1.165, 1.54) is 29.6 Å². The number of nitrogens with one attached hydrogen (secondary N) is 3. The van der Waals surface area contributed by atoms with Crippen molar-refractivity contribution in [3.63, 3.8) is 0 Å². The first kappa shape index (κ1) is 41.8. The normalized spacial score (nSPS) is 10.1. The minimum Gasteiger partial charge on any atom is -0.453 e. The van der Waals surface area contributed by atoms with Gasteiger partial charge in [0.2, 0.25) is 6.41 Å². The van der Waals surface area contributed by atoms with Crippen molar-refractivity contribution in [3.8, 4) is 22.2 Å². The first-order valence-electron chi connectivity index (χ1n) is 14.9. The van der Waals surface area contributed by atoms with Gasteiger partial charge in [0.05, 0.1) is 39.3 Å². The van der Waals surface area contributed by atoms with Gasteiger partial charge in [0.25, 0.3) is 0 Å². The standard InChI is InChI=1S/C22H24FN5O2S.C7H8FNO.C4H6.C3H6O/c1-24-14-4-5-18(16(23)10-14)30-19-6-7-26-17-11-20(31-21(17)19)22-27-13-15(28(22)2)12-25-8-9-29-3;1-3-4-7(6(2)8)9-5-10;1-3-4-2;1-2-3-4/h4-7,10-11,13,24-25H,8-9,12H2,1-3H3;3-5H,1-2H2,(H,9,10);3-4H,1-2H2;3H,2H2,1H3/b;7-4+;;. The van der Waals surface area contributed by atoms with E-state index in [2.05, 4.69) is 56.8 Å². The van der Waals surface area contributed by atoms with Crippen LogP contribution in [0.3, 0.4) is 0 Å². The summed E-state index contributed by atoms with van der Waals surface area (Å²) in [5, 5.41) is 8.36. The van der Waals surface area contributed by atoms with Crippen LogP contribution in [0.25, 0.3) is 20.9 Å². The number of imidazole rings is 1. The second-order valence-corrected chi connectivity index (χ2v) is 10.5. The van der Waals surface area contributed by atoms with Crippen LogP contribution in [0.2, 0.25) is 0 Å². The molecule has 0 spiro atoms. The summed E-state index contributed by atoms with van der Waals surface area (Å²) in [6.45, 7) is 17.0. The quantitative estimate of drug-likeness (QED) is 0.0660. The summed E-state index contributed by atoms with van der Waals surface area (Å²) >= 11 is 1.52.